The van der Waals surface area contributed by atoms with Crippen LogP contribution in [0, 0.1) is 13.8 Å². The number of hydrogen-bond acceptors (Lipinski definition) is 5. The van der Waals surface area contributed by atoms with Gasteiger partial charge < -0.3 is 0 Å². The van der Waals surface area contributed by atoms with E-state index in [1.54, 1.807) is 37.3 Å². The lowest BCUT2D eigenvalue weighted by molar-refractivity contribution is 0.0966. The van der Waals surface area contributed by atoms with E-state index in [1.165, 1.54) is 0 Å². The third-order valence-electron chi connectivity index (χ3n) is 3.72. The number of rotatable bonds is 3. The Labute approximate surface area is 147 Å². The maximum Gasteiger partial charge on any atom is 0.367 e. The highest BCUT2D eigenvalue weighted by Crippen LogP contribution is 2.16. The van der Waals surface area contributed by atoms with Crippen LogP contribution in [0.15, 0.2) is 53.3 Å². The smallest absolute Gasteiger partial charge is 0.297 e. The molecule has 126 valence electrons. The fraction of sp³-hybridized carbons (Fsp3) is 0.111. The summed E-state index contributed by atoms with van der Waals surface area (Å²) in [5.74, 6) is -0.834. The van der Waals surface area contributed by atoms with Crippen molar-refractivity contribution in [3.05, 3.63) is 81.3 Å². The maximum absolute atomic E-state index is 12.5. The minimum absolute atomic E-state index is 0.0835. The summed E-state index contributed by atoms with van der Waals surface area (Å²) in [6.45, 7) is 3.61. The number of aryl methyl sites for hydroxylation is 2. The first-order chi connectivity index (χ1) is 12.0. The topological polar surface area (TPSA) is 81.1 Å². The fourth-order valence-electron chi connectivity index (χ4n) is 2.37. The first-order valence-electron chi connectivity index (χ1n) is 7.55. The van der Waals surface area contributed by atoms with Gasteiger partial charge in [-0.15, -0.1) is 0 Å². The molecule has 1 heterocycles. The minimum Gasteiger partial charge on any atom is -0.297 e. The van der Waals surface area contributed by atoms with Crippen LogP contribution in [-0.4, -0.2) is 20.8 Å². The van der Waals surface area contributed by atoms with Gasteiger partial charge in [-0.1, -0.05) is 36.4 Å². The average Bonchev–Trinajstić information content (AvgIpc) is 2.95. The number of carbonyl (C=O) groups excluding carboxylic acids is 2. The normalized spacial score (nSPS) is 10.5. The van der Waals surface area contributed by atoms with Gasteiger partial charge in [0.2, 0.25) is 5.13 Å². The van der Waals surface area contributed by atoms with Crippen molar-refractivity contribution in [1.29, 1.82) is 0 Å². The molecule has 2 aromatic carbocycles. The Bertz CT molecular complexity index is 1020. The molecule has 7 heteroatoms. The predicted molar refractivity (Wildman–Crippen MR) is 96.4 cm³/mol. The lowest BCUT2D eigenvalue weighted by Gasteiger charge is -2.04. The summed E-state index contributed by atoms with van der Waals surface area (Å²) in [5, 5.41) is 2.66. The van der Waals surface area contributed by atoms with Crippen LogP contribution in [0.4, 0.5) is 5.13 Å². The van der Waals surface area contributed by atoms with Crippen molar-refractivity contribution in [3.8, 4) is 0 Å². The van der Waals surface area contributed by atoms with Crippen molar-refractivity contribution in [2.24, 2.45) is 0 Å². The highest BCUT2D eigenvalue weighted by Gasteiger charge is 2.18. The van der Waals surface area contributed by atoms with Gasteiger partial charge in [0.05, 0.1) is 0 Å². The van der Waals surface area contributed by atoms with Crippen LogP contribution in [0.1, 0.15) is 31.8 Å². The van der Waals surface area contributed by atoms with Crippen LogP contribution in [0.2, 0.25) is 0 Å². The standard InChI is InChI=1S/C18H15N3O3S/c1-11-7-3-5-9-13(11)15(22)19-17-20-18(24)21(25-17)16(23)14-10-6-4-8-12(14)2/h3-10H,1-2H3,(H,19,20,22,24). The summed E-state index contributed by atoms with van der Waals surface area (Å²) < 4.78 is 0.940. The second-order valence-electron chi connectivity index (χ2n) is 5.47. The molecule has 0 bridgehead atoms. The number of aromatic nitrogens is 2. The van der Waals surface area contributed by atoms with Crippen molar-refractivity contribution in [2.45, 2.75) is 13.8 Å². The molecule has 3 rings (SSSR count). The van der Waals surface area contributed by atoms with Crippen LogP contribution in [0.25, 0.3) is 0 Å². The Morgan fingerprint density at radius 1 is 0.960 bits per heavy atom. The van der Waals surface area contributed by atoms with Crippen LogP contribution in [-0.2, 0) is 0 Å². The quantitative estimate of drug-likeness (QED) is 0.785. The van der Waals surface area contributed by atoms with Gasteiger partial charge in [0.25, 0.3) is 11.8 Å². The summed E-state index contributed by atoms with van der Waals surface area (Å²) in [5.41, 5.74) is 1.77. The zero-order valence-corrected chi connectivity index (χ0v) is 14.5. The van der Waals surface area contributed by atoms with E-state index >= 15 is 0 Å². The van der Waals surface area contributed by atoms with E-state index in [-0.39, 0.29) is 11.0 Å². The number of amides is 1. The van der Waals surface area contributed by atoms with E-state index in [4.69, 9.17) is 0 Å². The van der Waals surface area contributed by atoms with Crippen LogP contribution in [0.5, 0.6) is 0 Å². The first-order valence-corrected chi connectivity index (χ1v) is 8.32. The third-order valence-corrected chi connectivity index (χ3v) is 4.59. The largest absolute Gasteiger partial charge is 0.367 e. The molecule has 1 N–H and O–H groups in total. The van der Waals surface area contributed by atoms with Crippen molar-refractivity contribution >= 4 is 28.5 Å². The average molecular weight is 353 g/mol. The molecule has 1 amide bonds. The van der Waals surface area contributed by atoms with Crippen LogP contribution < -0.4 is 11.0 Å². The molecule has 0 saturated carbocycles. The lowest BCUT2D eigenvalue weighted by Crippen LogP contribution is -2.23. The van der Waals surface area contributed by atoms with Gasteiger partial charge in [0, 0.05) is 11.1 Å². The van der Waals surface area contributed by atoms with E-state index in [0.29, 0.717) is 11.1 Å². The predicted octanol–water partition coefficient (Wildman–Crippen LogP) is 2.86. The summed E-state index contributed by atoms with van der Waals surface area (Å²) >= 11 is 0.812. The van der Waals surface area contributed by atoms with Gasteiger partial charge in [-0.3, -0.25) is 14.9 Å². The molecule has 0 radical (unpaired) electrons. The molecule has 0 aliphatic rings. The number of hydrogen-bond donors (Lipinski definition) is 1. The molecule has 0 aliphatic heterocycles. The molecular formula is C18H15N3O3S. The number of carbonyl (C=O) groups is 2. The zero-order chi connectivity index (χ0) is 18.0. The monoisotopic (exact) mass is 353 g/mol. The van der Waals surface area contributed by atoms with Gasteiger partial charge in [0.15, 0.2) is 0 Å². The Hall–Kier alpha value is -3.06. The third kappa shape index (κ3) is 3.41. The lowest BCUT2D eigenvalue weighted by atomic mass is 10.1. The Kier molecular flexibility index (Phi) is 4.58. The van der Waals surface area contributed by atoms with Gasteiger partial charge >= 0.3 is 5.69 Å². The second-order valence-corrected chi connectivity index (χ2v) is 6.41. The molecule has 0 aliphatic carbocycles. The Balaban J connectivity index is 1.87. The summed E-state index contributed by atoms with van der Waals surface area (Å²) in [6, 6.07) is 14.1. The molecule has 0 fully saturated rings. The Morgan fingerprint density at radius 2 is 1.52 bits per heavy atom. The minimum atomic E-state index is -0.710. The summed E-state index contributed by atoms with van der Waals surface area (Å²) in [7, 11) is 0. The second kappa shape index (κ2) is 6.82. The molecule has 25 heavy (non-hydrogen) atoms. The number of nitrogens with zero attached hydrogens (tertiary/aromatic N) is 2. The van der Waals surface area contributed by atoms with E-state index < -0.39 is 11.6 Å². The van der Waals surface area contributed by atoms with E-state index in [9.17, 15) is 14.4 Å². The van der Waals surface area contributed by atoms with Gasteiger partial charge in [-0.25, -0.2) is 4.79 Å². The highest BCUT2D eigenvalue weighted by atomic mass is 32.1. The van der Waals surface area contributed by atoms with Gasteiger partial charge in [0.1, 0.15) is 0 Å². The van der Waals surface area contributed by atoms with Gasteiger partial charge in [-0.05, 0) is 48.6 Å². The number of benzene rings is 2. The first kappa shape index (κ1) is 16.8. The van der Waals surface area contributed by atoms with Crippen molar-refractivity contribution < 1.29 is 9.59 Å². The SMILES string of the molecule is Cc1ccccc1C(=O)Nc1nc(=O)n(C(=O)c2ccccc2C)s1. The van der Waals surface area contributed by atoms with Crippen molar-refractivity contribution in [3.63, 3.8) is 0 Å². The maximum atomic E-state index is 12.5. The summed E-state index contributed by atoms with van der Waals surface area (Å²) in [4.78, 5) is 40.6. The molecule has 0 atom stereocenters. The highest BCUT2D eigenvalue weighted by molar-refractivity contribution is 7.11. The summed E-state index contributed by atoms with van der Waals surface area (Å²) in [6.07, 6.45) is 0. The van der Waals surface area contributed by atoms with Crippen molar-refractivity contribution in [1.82, 2.24) is 8.94 Å². The zero-order valence-electron chi connectivity index (χ0n) is 13.6. The molecule has 0 spiro atoms. The molecular weight excluding hydrogens is 338 g/mol. The van der Waals surface area contributed by atoms with Crippen LogP contribution in [0.3, 0.4) is 0 Å². The number of nitrogens with one attached hydrogen (secondary N) is 1. The molecule has 3 aromatic rings. The number of anilines is 1. The molecule has 6 nitrogen and oxygen atoms in total. The van der Waals surface area contributed by atoms with E-state index in [0.717, 1.165) is 26.6 Å². The molecule has 0 unspecified atom stereocenters. The molecule has 0 saturated heterocycles. The van der Waals surface area contributed by atoms with Crippen LogP contribution >= 0.6 is 11.5 Å². The Morgan fingerprint density at radius 3 is 2.12 bits per heavy atom. The fourth-order valence-corrected chi connectivity index (χ4v) is 3.10. The van der Waals surface area contributed by atoms with E-state index in [1.807, 2.05) is 25.1 Å². The molecule has 1 aromatic heterocycles. The van der Waals surface area contributed by atoms with Crippen molar-refractivity contribution in [2.75, 3.05) is 5.32 Å². The van der Waals surface area contributed by atoms with E-state index in [2.05, 4.69) is 10.3 Å². The van der Waals surface area contributed by atoms with Gasteiger partial charge in [-0.2, -0.15) is 8.94 Å².